The van der Waals surface area contributed by atoms with E-state index in [1.807, 2.05) is 44.2 Å². The third kappa shape index (κ3) is 4.22. The highest BCUT2D eigenvalue weighted by atomic mass is 16.5. The van der Waals surface area contributed by atoms with Crippen molar-refractivity contribution in [3.8, 4) is 5.75 Å². The molecule has 1 N–H and O–H groups in total. The molecule has 0 aliphatic heterocycles. The maximum atomic E-state index is 11.8. The van der Waals surface area contributed by atoms with Gasteiger partial charge in [0.1, 0.15) is 12.4 Å². The highest BCUT2D eigenvalue weighted by Gasteiger charge is 2.10. The zero-order chi connectivity index (χ0) is 16.8. The van der Waals surface area contributed by atoms with E-state index in [9.17, 15) is 4.79 Å². The smallest absolute Gasteiger partial charge is 0.224 e. The summed E-state index contributed by atoms with van der Waals surface area (Å²) < 4.78 is 5.95. The topological polar surface area (TPSA) is 38.3 Å². The Morgan fingerprint density at radius 2 is 2.04 bits per heavy atom. The van der Waals surface area contributed by atoms with E-state index in [2.05, 4.69) is 24.9 Å². The van der Waals surface area contributed by atoms with Gasteiger partial charge in [0.2, 0.25) is 5.91 Å². The summed E-state index contributed by atoms with van der Waals surface area (Å²) in [6.45, 7) is 10.1. The number of carbonyl (C=O) groups is 1. The molecule has 0 radical (unpaired) electrons. The molecule has 0 fully saturated rings. The van der Waals surface area contributed by atoms with Gasteiger partial charge in [-0.3, -0.25) is 4.79 Å². The van der Waals surface area contributed by atoms with Gasteiger partial charge in [0, 0.05) is 12.0 Å². The molecule has 0 aromatic heterocycles. The van der Waals surface area contributed by atoms with E-state index in [0.29, 0.717) is 13.0 Å². The number of carbonyl (C=O) groups excluding carboxylic acids is 1. The number of benzene rings is 2. The number of ether oxygens (including phenoxy) is 1. The van der Waals surface area contributed by atoms with Crippen LogP contribution in [0.4, 0.5) is 5.69 Å². The van der Waals surface area contributed by atoms with E-state index in [1.54, 1.807) is 6.08 Å². The average Bonchev–Trinajstić information content (AvgIpc) is 2.54. The first kappa shape index (κ1) is 16.8. The zero-order valence-corrected chi connectivity index (χ0v) is 14.0. The van der Waals surface area contributed by atoms with Crippen LogP contribution in [-0.2, 0) is 11.4 Å². The van der Waals surface area contributed by atoms with Crippen LogP contribution >= 0.6 is 0 Å². The van der Waals surface area contributed by atoms with Crippen molar-refractivity contribution in [2.75, 3.05) is 5.32 Å². The molecule has 1 amide bonds. The summed E-state index contributed by atoms with van der Waals surface area (Å²) in [6.07, 6.45) is 2.18. The maximum Gasteiger partial charge on any atom is 0.224 e. The second-order valence-corrected chi connectivity index (χ2v) is 5.54. The van der Waals surface area contributed by atoms with Crippen molar-refractivity contribution in [2.24, 2.45) is 0 Å². The Bertz CT molecular complexity index is 720. The van der Waals surface area contributed by atoms with Crippen LogP contribution in [0.25, 0.3) is 6.08 Å². The second-order valence-electron chi connectivity index (χ2n) is 5.54. The standard InChI is InChI=1S/C20H23NO2/c1-5-16-8-7-9-17(20(16)21-19(22)6-2)13-23-18-11-10-14(3)12-15(18)4/h5,7-12H,1,6,13H2,2-4H3,(H,21,22). The van der Waals surface area contributed by atoms with E-state index in [4.69, 9.17) is 4.74 Å². The predicted molar refractivity (Wildman–Crippen MR) is 95.7 cm³/mol. The quantitative estimate of drug-likeness (QED) is 0.826. The fourth-order valence-corrected chi connectivity index (χ4v) is 2.41. The van der Waals surface area contributed by atoms with E-state index in [-0.39, 0.29) is 5.91 Å². The molecule has 0 spiro atoms. The molecule has 0 bridgehead atoms. The largest absolute Gasteiger partial charge is 0.489 e. The number of hydrogen-bond donors (Lipinski definition) is 1. The van der Waals surface area contributed by atoms with E-state index in [0.717, 1.165) is 28.1 Å². The molecule has 0 saturated heterocycles. The Morgan fingerprint density at radius 1 is 1.26 bits per heavy atom. The Balaban J connectivity index is 2.24. The summed E-state index contributed by atoms with van der Waals surface area (Å²) in [7, 11) is 0. The molecule has 2 aromatic carbocycles. The van der Waals surface area contributed by atoms with Crippen LogP contribution in [-0.4, -0.2) is 5.91 Å². The van der Waals surface area contributed by atoms with Gasteiger partial charge >= 0.3 is 0 Å². The molecule has 0 aliphatic carbocycles. The Morgan fingerprint density at radius 3 is 2.70 bits per heavy atom. The average molecular weight is 309 g/mol. The number of amides is 1. The van der Waals surface area contributed by atoms with E-state index >= 15 is 0 Å². The van der Waals surface area contributed by atoms with Crippen molar-refractivity contribution < 1.29 is 9.53 Å². The Labute approximate surface area is 138 Å². The lowest BCUT2D eigenvalue weighted by Gasteiger charge is -2.15. The summed E-state index contributed by atoms with van der Waals surface area (Å²) in [4.78, 5) is 11.8. The minimum atomic E-state index is -0.0212. The van der Waals surface area contributed by atoms with Crippen molar-refractivity contribution >= 4 is 17.7 Å². The van der Waals surface area contributed by atoms with E-state index < -0.39 is 0 Å². The summed E-state index contributed by atoms with van der Waals surface area (Å²) in [5, 5.41) is 2.95. The maximum absolute atomic E-state index is 11.8. The molecule has 0 saturated carbocycles. The van der Waals surface area contributed by atoms with Crippen LogP contribution in [0.1, 0.15) is 35.6 Å². The summed E-state index contributed by atoms with van der Waals surface area (Å²) in [5.41, 5.74) is 4.92. The van der Waals surface area contributed by atoms with Crippen LogP contribution in [0.3, 0.4) is 0 Å². The summed E-state index contributed by atoms with van der Waals surface area (Å²) >= 11 is 0. The lowest BCUT2D eigenvalue weighted by atomic mass is 10.1. The lowest BCUT2D eigenvalue weighted by molar-refractivity contribution is -0.115. The zero-order valence-electron chi connectivity index (χ0n) is 14.0. The van der Waals surface area contributed by atoms with Gasteiger partial charge in [-0.15, -0.1) is 0 Å². The number of hydrogen-bond acceptors (Lipinski definition) is 2. The fourth-order valence-electron chi connectivity index (χ4n) is 2.41. The molecule has 0 atom stereocenters. The van der Waals surface area contributed by atoms with Crippen molar-refractivity contribution in [3.63, 3.8) is 0 Å². The van der Waals surface area contributed by atoms with Gasteiger partial charge in [-0.2, -0.15) is 0 Å². The number of para-hydroxylation sites is 1. The van der Waals surface area contributed by atoms with Gasteiger partial charge in [-0.25, -0.2) is 0 Å². The normalized spacial score (nSPS) is 10.2. The SMILES string of the molecule is C=Cc1cccc(COc2ccc(C)cc2C)c1NC(=O)CC. The molecular weight excluding hydrogens is 286 g/mol. The van der Waals surface area contributed by atoms with Crippen LogP contribution in [0.5, 0.6) is 5.75 Å². The molecule has 2 rings (SSSR count). The molecule has 0 heterocycles. The van der Waals surface area contributed by atoms with E-state index in [1.165, 1.54) is 5.56 Å². The summed E-state index contributed by atoms with van der Waals surface area (Å²) in [6, 6.07) is 11.9. The molecule has 2 aromatic rings. The van der Waals surface area contributed by atoms with Gasteiger partial charge in [0.05, 0.1) is 5.69 Å². The van der Waals surface area contributed by atoms with Gasteiger partial charge in [-0.1, -0.05) is 55.5 Å². The van der Waals surface area contributed by atoms with Gasteiger partial charge in [-0.05, 0) is 31.0 Å². The van der Waals surface area contributed by atoms with Gasteiger partial charge < -0.3 is 10.1 Å². The highest BCUT2D eigenvalue weighted by molar-refractivity contribution is 5.93. The van der Waals surface area contributed by atoms with Crippen molar-refractivity contribution in [3.05, 3.63) is 65.2 Å². The molecular formula is C20H23NO2. The van der Waals surface area contributed by atoms with Crippen molar-refractivity contribution in [2.45, 2.75) is 33.8 Å². The number of anilines is 1. The third-order valence-electron chi connectivity index (χ3n) is 3.70. The summed E-state index contributed by atoms with van der Waals surface area (Å²) in [5.74, 6) is 0.833. The van der Waals surface area contributed by atoms with Crippen LogP contribution in [0.2, 0.25) is 0 Å². The highest BCUT2D eigenvalue weighted by Crippen LogP contribution is 2.26. The monoisotopic (exact) mass is 309 g/mol. The number of aryl methyl sites for hydroxylation is 2. The third-order valence-corrected chi connectivity index (χ3v) is 3.70. The van der Waals surface area contributed by atoms with Gasteiger partial charge in [0.15, 0.2) is 0 Å². The lowest BCUT2D eigenvalue weighted by Crippen LogP contribution is -2.13. The van der Waals surface area contributed by atoms with Crippen molar-refractivity contribution in [1.82, 2.24) is 0 Å². The first-order valence-corrected chi connectivity index (χ1v) is 7.79. The predicted octanol–water partition coefficient (Wildman–Crippen LogP) is 4.87. The Kier molecular flexibility index (Phi) is 5.58. The number of nitrogens with one attached hydrogen (secondary N) is 1. The van der Waals surface area contributed by atoms with Gasteiger partial charge in [0.25, 0.3) is 0 Å². The Hall–Kier alpha value is -2.55. The van der Waals surface area contributed by atoms with Crippen LogP contribution < -0.4 is 10.1 Å². The number of rotatable bonds is 6. The minimum absolute atomic E-state index is 0.0212. The van der Waals surface area contributed by atoms with Crippen LogP contribution in [0.15, 0.2) is 43.0 Å². The second kappa shape index (κ2) is 7.63. The molecule has 3 nitrogen and oxygen atoms in total. The molecule has 120 valence electrons. The fraction of sp³-hybridized carbons (Fsp3) is 0.250. The molecule has 0 aliphatic rings. The molecule has 23 heavy (non-hydrogen) atoms. The van der Waals surface area contributed by atoms with Crippen LogP contribution in [0, 0.1) is 13.8 Å². The first-order valence-electron chi connectivity index (χ1n) is 7.79. The molecule has 0 unspecified atom stereocenters. The van der Waals surface area contributed by atoms with Crippen molar-refractivity contribution in [1.29, 1.82) is 0 Å². The minimum Gasteiger partial charge on any atom is -0.489 e. The first-order chi connectivity index (χ1) is 11.0. The molecule has 3 heteroatoms.